The fourth-order valence-corrected chi connectivity index (χ4v) is 7.12. The van der Waals surface area contributed by atoms with Crippen LogP contribution in [0.1, 0.15) is 35.5 Å². The smallest absolute Gasteiger partial charge is 0.283 e. The number of fused-ring (bicyclic) bond motifs is 1. The molecule has 0 aliphatic carbocycles. The highest BCUT2D eigenvalue weighted by Crippen LogP contribution is 2.34. The fourth-order valence-electron chi connectivity index (χ4n) is 5.12. The lowest BCUT2D eigenvalue weighted by Gasteiger charge is -2.25. The topological polar surface area (TPSA) is 132 Å². The number of carbonyl (C=O) groups is 1. The molecule has 224 valence electrons. The highest BCUT2D eigenvalue weighted by atomic mass is 32.2. The first-order chi connectivity index (χ1) is 21.7. The number of nitrogens with zero attached hydrogens (tertiary/aromatic N) is 5. The van der Waals surface area contributed by atoms with Gasteiger partial charge in [0.05, 0.1) is 31.7 Å². The zero-order valence-corrected chi connectivity index (χ0v) is 26.1. The number of rotatable bonds is 7. The zero-order valence-electron chi connectivity index (χ0n) is 24.4. The van der Waals surface area contributed by atoms with E-state index in [1.807, 2.05) is 68.4 Å². The number of allylic oxidation sites excluding steroid dienone is 1. The van der Waals surface area contributed by atoms with Gasteiger partial charge in [0.25, 0.3) is 17.2 Å². The maximum atomic E-state index is 14.0. The van der Waals surface area contributed by atoms with Crippen molar-refractivity contribution in [2.45, 2.75) is 36.9 Å². The van der Waals surface area contributed by atoms with Gasteiger partial charge in [-0.05, 0) is 74.0 Å². The van der Waals surface area contributed by atoms with Crippen molar-refractivity contribution in [1.82, 2.24) is 14.5 Å². The molecule has 12 heteroatoms. The quantitative estimate of drug-likeness (QED) is 0.145. The number of carbonyl (C=O) groups excluding carboxylic acids is 1. The molecule has 3 heterocycles. The van der Waals surface area contributed by atoms with Crippen molar-refractivity contribution in [3.63, 3.8) is 0 Å². The first-order valence-electron chi connectivity index (χ1n) is 13.9. The summed E-state index contributed by atoms with van der Waals surface area (Å²) in [5, 5.41) is 15.4. The van der Waals surface area contributed by atoms with Gasteiger partial charge in [0.1, 0.15) is 0 Å². The Balaban J connectivity index is 1.42. The summed E-state index contributed by atoms with van der Waals surface area (Å²) in [5.41, 5.74) is 3.77. The van der Waals surface area contributed by atoms with Crippen LogP contribution in [0.2, 0.25) is 0 Å². The summed E-state index contributed by atoms with van der Waals surface area (Å²) >= 11 is 2.28. The number of hydrogen-bond donors (Lipinski definition) is 1. The summed E-state index contributed by atoms with van der Waals surface area (Å²) in [5.74, 6) is -0.359. The van der Waals surface area contributed by atoms with Crippen LogP contribution in [0.3, 0.4) is 0 Å². The first kappa shape index (κ1) is 29.9. The van der Waals surface area contributed by atoms with Crippen LogP contribution < -0.4 is 20.2 Å². The Morgan fingerprint density at radius 2 is 1.64 bits per heavy atom. The molecule has 0 spiro atoms. The lowest BCUT2D eigenvalue weighted by atomic mass is 9.95. The van der Waals surface area contributed by atoms with E-state index in [0.29, 0.717) is 41.9 Å². The molecule has 1 amide bonds. The number of anilines is 1. The Morgan fingerprint density at radius 1 is 0.978 bits per heavy atom. The van der Waals surface area contributed by atoms with Gasteiger partial charge < -0.3 is 5.32 Å². The first-order valence-corrected chi connectivity index (χ1v) is 15.5. The predicted molar refractivity (Wildman–Crippen MR) is 174 cm³/mol. The van der Waals surface area contributed by atoms with E-state index in [9.17, 15) is 19.7 Å². The number of aromatic nitrogens is 3. The van der Waals surface area contributed by atoms with Gasteiger partial charge in [-0.3, -0.25) is 24.3 Å². The maximum absolute atomic E-state index is 14.0. The molecule has 5 aromatic rings. The minimum atomic E-state index is -0.723. The summed E-state index contributed by atoms with van der Waals surface area (Å²) in [4.78, 5) is 53.5. The third-order valence-electron chi connectivity index (χ3n) is 7.05. The third-order valence-corrected chi connectivity index (χ3v) is 8.97. The Labute approximate surface area is 265 Å². The van der Waals surface area contributed by atoms with E-state index in [1.54, 1.807) is 37.3 Å². The highest BCUT2D eigenvalue weighted by molar-refractivity contribution is 7.99. The number of benzene rings is 3. The number of thiazole rings is 1. The van der Waals surface area contributed by atoms with Gasteiger partial charge in [-0.15, -0.1) is 0 Å². The fraction of sp³-hybridized carbons (Fsp3) is 0.121. The molecule has 1 N–H and O–H groups in total. The van der Waals surface area contributed by atoms with Gasteiger partial charge in [-0.1, -0.05) is 65.9 Å². The van der Waals surface area contributed by atoms with E-state index in [2.05, 4.69) is 20.3 Å². The molecule has 10 nitrogen and oxygen atoms in total. The highest BCUT2D eigenvalue weighted by Gasteiger charge is 2.32. The molecule has 1 aliphatic rings. The third kappa shape index (κ3) is 6.24. The molecular formula is C33H26N6O4S2. The van der Waals surface area contributed by atoms with Gasteiger partial charge in [0.2, 0.25) is 0 Å². The number of nitro groups is 1. The van der Waals surface area contributed by atoms with Crippen molar-refractivity contribution in [3.05, 3.63) is 149 Å². The Bertz CT molecular complexity index is 2160. The van der Waals surface area contributed by atoms with Crippen LogP contribution >= 0.6 is 23.1 Å². The van der Waals surface area contributed by atoms with Crippen LogP contribution in [0.25, 0.3) is 6.08 Å². The molecule has 45 heavy (non-hydrogen) atoms. The largest absolute Gasteiger partial charge is 0.322 e. The zero-order chi connectivity index (χ0) is 31.7. The molecule has 0 saturated heterocycles. The van der Waals surface area contributed by atoms with Crippen molar-refractivity contribution >= 4 is 46.5 Å². The van der Waals surface area contributed by atoms with Crippen molar-refractivity contribution in [1.29, 1.82) is 0 Å². The van der Waals surface area contributed by atoms with Crippen LogP contribution in [0, 0.1) is 24.0 Å². The Hall–Kier alpha value is -5.20. The number of para-hydroxylation sites is 1. The number of amides is 1. The second-order valence-electron chi connectivity index (χ2n) is 10.3. The van der Waals surface area contributed by atoms with Crippen molar-refractivity contribution in [2.24, 2.45) is 4.99 Å². The summed E-state index contributed by atoms with van der Waals surface area (Å²) in [6, 6.07) is 24.3. The summed E-state index contributed by atoms with van der Waals surface area (Å²) in [7, 11) is 0. The lowest BCUT2D eigenvalue weighted by Crippen LogP contribution is -2.40. The van der Waals surface area contributed by atoms with Crippen LogP contribution in [0.4, 0.5) is 11.4 Å². The van der Waals surface area contributed by atoms with Crippen molar-refractivity contribution in [2.75, 3.05) is 5.32 Å². The molecule has 2 aromatic heterocycles. The normalized spacial score (nSPS) is 14.6. The molecular weight excluding hydrogens is 609 g/mol. The second-order valence-corrected chi connectivity index (χ2v) is 12.4. The molecule has 1 aliphatic heterocycles. The molecule has 6 rings (SSSR count). The molecule has 3 aromatic carbocycles. The van der Waals surface area contributed by atoms with Crippen molar-refractivity contribution in [3.8, 4) is 0 Å². The van der Waals surface area contributed by atoms with Gasteiger partial charge in [-0.2, -0.15) is 0 Å². The summed E-state index contributed by atoms with van der Waals surface area (Å²) in [6.45, 7) is 5.44. The van der Waals surface area contributed by atoms with Gasteiger partial charge >= 0.3 is 0 Å². The van der Waals surface area contributed by atoms with E-state index in [4.69, 9.17) is 0 Å². The van der Waals surface area contributed by atoms with Crippen LogP contribution in [0.15, 0.2) is 116 Å². The number of aryl methyl sites for hydroxylation is 2. The average molecular weight is 635 g/mol. The van der Waals surface area contributed by atoms with E-state index < -0.39 is 11.0 Å². The number of nitrogens with one attached hydrogen (secondary N) is 1. The number of nitro benzene ring substituents is 1. The predicted octanol–water partition coefficient (Wildman–Crippen LogP) is 5.34. The molecule has 0 unspecified atom stereocenters. The SMILES string of the molecule is CC1=C(C(=O)Nc2ccccc2)[C@H](c2ccccc2)n2c(s/c(=C/c3ccc(Sc4nc(C)cc(C)n4)c([N+](=O)[O-])c3)c2=O)=N1. The monoisotopic (exact) mass is 634 g/mol. The van der Waals surface area contributed by atoms with Crippen molar-refractivity contribution < 1.29 is 9.72 Å². The van der Waals surface area contributed by atoms with Gasteiger partial charge in [0, 0.05) is 23.1 Å². The van der Waals surface area contributed by atoms with Gasteiger partial charge in [-0.25, -0.2) is 15.0 Å². The molecule has 1 atom stereocenters. The summed E-state index contributed by atoms with van der Waals surface area (Å²) < 4.78 is 1.86. The Morgan fingerprint density at radius 3 is 2.31 bits per heavy atom. The lowest BCUT2D eigenvalue weighted by molar-refractivity contribution is -0.387. The average Bonchev–Trinajstić information content (AvgIpc) is 3.31. The molecule has 0 bridgehead atoms. The summed E-state index contributed by atoms with van der Waals surface area (Å²) in [6.07, 6.45) is 1.61. The van der Waals surface area contributed by atoms with Crippen LogP contribution in [-0.4, -0.2) is 25.4 Å². The van der Waals surface area contributed by atoms with Gasteiger partial charge in [0.15, 0.2) is 9.96 Å². The standard InChI is InChI=1S/C33H26N6O4S2/c1-19-16-20(2)35-32(34-19)44-26-15-14-22(17-25(26)39(42)43)18-27-31(41)38-29(23-10-6-4-7-11-23)28(21(3)36-33(38)45-27)30(40)37-24-12-8-5-9-13-24/h4-18,29H,1-3H3,(H,37,40)/b27-18+/t29-/m0/s1. The van der Waals surface area contributed by atoms with E-state index in [1.165, 1.54) is 22.0 Å². The van der Waals surface area contributed by atoms with E-state index in [-0.39, 0.29) is 17.2 Å². The molecule has 0 saturated carbocycles. The molecule has 0 radical (unpaired) electrons. The van der Waals surface area contributed by atoms with E-state index >= 15 is 0 Å². The molecule has 0 fully saturated rings. The Kier molecular flexibility index (Phi) is 8.24. The van der Waals surface area contributed by atoms with E-state index in [0.717, 1.165) is 28.7 Å². The minimum absolute atomic E-state index is 0.123. The van der Waals surface area contributed by atoms with Crippen LogP contribution in [-0.2, 0) is 4.79 Å². The minimum Gasteiger partial charge on any atom is -0.322 e. The second kappa shape index (κ2) is 12.4. The number of hydrogen-bond acceptors (Lipinski definition) is 9. The maximum Gasteiger partial charge on any atom is 0.283 e. The van der Waals surface area contributed by atoms with Crippen LogP contribution in [0.5, 0.6) is 0 Å².